The van der Waals surface area contributed by atoms with Crippen LogP contribution in [0.4, 0.5) is 5.69 Å². The Hall–Kier alpha value is -3.15. The highest BCUT2D eigenvalue weighted by Crippen LogP contribution is 2.14. The Morgan fingerprint density at radius 1 is 1.04 bits per heavy atom. The summed E-state index contributed by atoms with van der Waals surface area (Å²) in [6.07, 6.45) is 1.46. The molecule has 2 aromatic carbocycles. The molecule has 0 atom stereocenters. The molecule has 2 amide bonds. The molecule has 2 aromatic rings. The minimum Gasteiger partial charge on any atom is -0.494 e. The van der Waals surface area contributed by atoms with Gasteiger partial charge in [-0.2, -0.15) is 5.10 Å². The first-order valence-corrected chi connectivity index (χ1v) is 7.94. The smallest absolute Gasteiger partial charge is 0.329 e. The van der Waals surface area contributed by atoms with Crippen LogP contribution >= 0.6 is 0 Å². The number of amides is 2. The van der Waals surface area contributed by atoms with Crippen LogP contribution in [0.25, 0.3) is 0 Å². The van der Waals surface area contributed by atoms with E-state index in [0.717, 1.165) is 22.4 Å². The largest absolute Gasteiger partial charge is 0.494 e. The lowest BCUT2D eigenvalue weighted by atomic mass is 10.1. The highest BCUT2D eigenvalue weighted by Gasteiger charge is 2.13. The van der Waals surface area contributed by atoms with Crippen molar-refractivity contribution < 1.29 is 14.3 Å². The van der Waals surface area contributed by atoms with Crippen LogP contribution in [0.2, 0.25) is 0 Å². The van der Waals surface area contributed by atoms with Gasteiger partial charge in [-0.3, -0.25) is 9.59 Å². The quantitative estimate of drug-likeness (QED) is 0.499. The van der Waals surface area contributed by atoms with Gasteiger partial charge < -0.3 is 10.1 Å². The Balaban J connectivity index is 1.88. The van der Waals surface area contributed by atoms with E-state index in [1.54, 1.807) is 30.3 Å². The van der Waals surface area contributed by atoms with Crippen molar-refractivity contribution in [2.24, 2.45) is 5.10 Å². The number of anilines is 1. The van der Waals surface area contributed by atoms with Gasteiger partial charge in [-0.15, -0.1) is 0 Å². The van der Waals surface area contributed by atoms with Crippen LogP contribution in [0.5, 0.6) is 5.75 Å². The summed E-state index contributed by atoms with van der Waals surface area (Å²) < 4.78 is 5.34. The predicted molar refractivity (Wildman–Crippen MR) is 97.9 cm³/mol. The van der Waals surface area contributed by atoms with Crippen molar-refractivity contribution in [3.8, 4) is 5.75 Å². The topological polar surface area (TPSA) is 79.8 Å². The molecule has 2 rings (SSSR count). The molecule has 0 saturated heterocycles. The van der Waals surface area contributed by atoms with E-state index >= 15 is 0 Å². The van der Waals surface area contributed by atoms with Gasteiger partial charge in [0.2, 0.25) is 0 Å². The second-order valence-electron chi connectivity index (χ2n) is 5.45. The number of nitrogens with one attached hydrogen (secondary N) is 2. The van der Waals surface area contributed by atoms with E-state index in [-0.39, 0.29) is 0 Å². The number of nitrogens with zero attached hydrogens (tertiary/aromatic N) is 1. The third kappa shape index (κ3) is 5.46. The number of aryl methyl sites for hydroxylation is 2. The average Bonchev–Trinajstić information content (AvgIpc) is 2.60. The van der Waals surface area contributed by atoms with Crippen LogP contribution < -0.4 is 15.5 Å². The fourth-order valence-corrected chi connectivity index (χ4v) is 2.04. The third-order valence-corrected chi connectivity index (χ3v) is 3.54. The average molecular weight is 339 g/mol. The minimum absolute atomic E-state index is 0.568. The number of carbonyl (C=O) groups excluding carboxylic acids is 2. The van der Waals surface area contributed by atoms with E-state index in [1.165, 1.54) is 6.21 Å². The van der Waals surface area contributed by atoms with E-state index < -0.39 is 11.8 Å². The van der Waals surface area contributed by atoms with Crippen LogP contribution in [0.1, 0.15) is 23.6 Å². The van der Waals surface area contributed by atoms with Crippen molar-refractivity contribution in [2.75, 3.05) is 11.9 Å². The van der Waals surface area contributed by atoms with Gasteiger partial charge in [0.1, 0.15) is 5.75 Å². The van der Waals surface area contributed by atoms with Gasteiger partial charge in [0.15, 0.2) is 0 Å². The molecule has 2 N–H and O–H groups in total. The first kappa shape index (κ1) is 18.2. The summed E-state index contributed by atoms with van der Waals surface area (Å²) >= 11 is 0. The summed E-state index contributed by atoms with van der Waals surface area (Å²) in [5, 5.41) is 6.32. The van der Waals surface area contributed by atoms with Gasteiger partial charge in [-0.05, 0) is 73.9 Å². The van der Waals surface area contributed by atoms with Gasteiger partial charge >= 0.3 is 11.8 Å². The zero-order valence-electron chi connectivity index (χ0n) is 14.5. The number of ether oxygens (including phenoxy) is 1. The molecular formula is C19H21N3O3. The lowest BCUT2D eigenvalue weighted by molar-refractivity contribution is -0.136. The third-order valence-electron chi connectivity index (χ3n) is 3.54. The van der Waals surface area contributed by atoms with E-state index in [2.05, 4.69) is 15.8 Å². The van der Waals surface area contributed by atoms with Crippen molar-refractivity contribution in [2.45, 2.75) is 20.8 Å². The van der Waals surface area contributed by atoms with Crippen LogP contribution in [0.15, 0.2) is 47.6 Å². The predicted octanol–water partition coefficient (Wildman–Crippen LogP) is 2.79. The number of hydrazone groups is 1. The Bertz CT molecular complexity index is 783. The summed E-state index contributed by atoms with van der Waals surface area (Å²) in [7, 11) is 0. The molecule has 6 heteroatoms. The lowest BCUT2D eigenvalue weighted by Gasteiger charge is -2.06. The van der Waals surface area contributed by atoms with Crippen LogP contribution in [-0.4, -0.2) is 24.6 Å². The molecule has 0 aliphatic heterocycles. The van der Waals surface area contributed by atoms with Crippen molar-refractivity contribution in [3.05, 3.63) is 59.2 Å². The molecular weight excluding hydrogens is 318 g/mol. The number of carbonyl (C=O) groups is 2. The maximum absolute atomic E-state index is 11.9. The molecule has 0 aromatic heterocycles. The Kier molecular flexibility index (Phi) is 6.28. The number of benzene rings is 2. The lowest BCUT2D eigenvalue weighted by Crippen LogP contribution is -2.32. The molecule has 0 fully saturated rings. The van der Waals surface area contributed by atoms with Gasteiger partial charge in [0.05, 0.1) is 12.8 Å². The van der Waals surface area contributed by atoms with Crippen LogP contribution in [0.3, 0.4) is 0 Å². The molecule has 0 radical (unpaired) electrons. The molecule has 0 saturated carbocycles. The molecule has 0 bridgehead atoms. The molecule has 0 heterocycles. The van der Waals surface area contributed by atoms with Crippen molar-refractivity contribution in [3.63, 3.8) is 0 Å². The second-order valence-corrected chi connectivity index (χ2v) is 5.45. The zero-order chi connectivity index (χ0) is 18.2. The number of hydrogen-bond donors (Lipinski definition) is 2. The second kappa shape index (κ2) is 8.63. The normalized spacial score (nSPS) is 10.5. The fourth-order valence-electron chi connectivity index (χ4n) is 2.04. The monoisotopic (exact) mass is 339 g/mol. The van der Waals surface area contributed by atoms with Crippen molar-refractivity contribution in [1.82, 2.24) is 5.43 Å². The SMILES string of the molecule is CCOc1ccc(C=NNC(=O)C(=O)Nc2ccc(C)c(C)c2)cc1. The van der Waals surface area contributed by atoms with Gasteiger partial charge in [-0.1, -0.05) is 6.07 Å². The number of rotatable bonds is 5. The highest BCUT2D eigenvalue weighted by molar-refractivity contribution is 6.39. The first-order valence-electron chi connectivity index (χ1n) is 7.94. The molecule has 25 heavy (non-hydrogen) atoms. The van der Waals surface area contributed by atoms with Crippen molar-refractivity contribution in [1.29, 1.82) is 0 Å². The van der Waals surface area contributed by atoms with E-state index in [1.807, 2.05) is 32.9 Å². The van der Waals surface area contributed by atoms with E-state index in [4.69, 9.17) is 4.74 Å². The summed E-state index contributed by atoms with van der Waals surface area (Å²) in [5.41, 5.74) is 5.70. The zero-order valence-corrected chi connectivity index (χ0v) is 14.5. The summed E-state index contributed by atoms with van der Waals surface area (Å²) in [6, 6.07) is 12.6. The molecule has 0 aliphatic rings. The fraction of sp³-hybridized carbons (Fsp3) is 0.211. The Morgan fingerprint density at radius 3 is 2.40 bits per heavy atom. The molecule has 0 spiro atoms. The first-order chi connectivity index (χ1) is 12.0. The minimum atomic E-state index is -0.833. The summed E-state index contributed by atoms with van der Waals surface area (Å²) in [6.45, 7) is 6.42. The Labute approximate surface area is 146 Å². The van der Waals surface area contributed by atoms with E-state index in [9.17, 15) is 9.59 Å². The number of hydrogen-bond acceptors (Lipinski definition) is 4. The Morgan fingerprint density at radius 2 is 1.76 bits per heavy atom. The van der Waals surface area contributed by atoms with E-state index in [0.29, 0.717) is 12.3 Å². The molecule has 0 unspecified atom stereocenters. The van der Waals surface area contributed by atoms with Crippen LogP contribution in [0, 0.1) is 13.8 Å². The maximum Gasteiger partial charge on any atom is 0.329 e. The van der Waals surface area contributed by atoms with Gasteiger partial charge in [0.25, 0.3) is 0 Å². The van der Waals surface area contributed by atoms with Crippen molar-refractivity contribution >= 4 is 23.7 Å². The maximum atomic E-state index is 11.9. The van der Waals surface area contributed by atoms with Crippen LogP contribution in [-0.2, 0) is 9.59 Å². The molecule has 6 nitrogen and oxygen atoms in total. The summed E-state index contributed by atoms with van der Waals surface area (Å²) in [4.78, 5) is 23.6. The van der Waals surface area contributed by atoms with Gasteiger partial charge in [-0.25, -0.2) is 5.43 Å². The molecule has 130 valence electrons. The summed E-state index contributed by atoms with van der Waals surface area (Å²) in [5.74, 6) is -0.844. The standard InChI is InChI=1S/C19H21N3O3/c1-4-25-17-9-6-15(7-10-17)12-20-22-19(24)18(23)21-16-8-5-13(2)14(3)11-16/h5-12H,4H2,1-3H3,(H,21,23)(H,22,24). The van der Waals surface area contributed by atoms with Gasteiger partial charge in [0, 0.05) is 5.69 Å². The highest BCUT2D eigenvalue weighted by atomic mass is 16.5. The molecule has 0 aliphatic carbocycles.